The fourth-order valence-electron chi connectivity index (χ4n) is 2.61. The topological polar surface area (TPSA) is 75.4 Å². The van der Waals surface area contributed by atoms with Gasteiger partial charge in [-0.15, -0.1) is 0 Å². The average Bonchev–Trinajstić information content (AvgIpc) is 3.23. The zero-order valence-electron chi connectivity index (χ0n) is 11.5. The van der Waals surface area contributed by atoms with Gasteiger partial charge in [-0.05, 0) is 50.3 Å². The molecule has 0 bridgehead atoms. The van der Waals surface area contributed by atoms with Gasteiger partial charge in [-0.1, -0.05) is 0 Å². The standard InChI is InChI=1S/C14H21N3O2S/c15-13-10-12(20(18,19)16-11-4-5-11)6-7-14(13)17-8-2-1-3-9-17/h6-7,10-11,16H,1-5,8-9,15H2. The van der Waals surface area contributed by atoms with Crippen LogP contribution < -0.4 is 15.4 Å². The van der Waals surface area contributed by atoms with Gasteiger partial charge in [0.05, 0.1) is 16.3 Å². The Morgan fingerprint density at radius 2 is 1.85 bits per heavy atom. The molecule has 1 aliphatic carbocycles. The zero-order valence-corrected chi connectivity index (χ0v) is 12.3. The molecule has 20 heavy (non-hydrogen) atoms. The summed E-state index contributed by atoms with van der Waals surface area (Å²) in [4.78, 5) is 2.51. The number of hydrogen-bond acceptors (Lipinski definition) is 4. The summed E-state index contributed by atoms with van der Waals surface area (Å²) in [6.07, 6.45) is 5.46. The summed E-state index contributed by atoms with van der Waals surface area (Å²) in [6, 6.07) is 5.19. The van der Waals surface area contributed by atoms with Crippen LogP contribution in [-0.4, -0.2) is 27.5 Å². The molecular formula is C14H21N3O2S. The lowest BCUT2D eigenvalue weighted by Gasteiger charge is -2.30. The van der Waals surface area contributed by atoms with E-state index in [0.717, 1.165) is 31.6 Å². The number of piperidine rings is 1. The minimum atomic E-state index is -3.42. The SMILES string of the molecule is Nc1cc(S(=O)(=O)NC2CC2)ccc1N1CCCCC1. The number of sulfonamides is 1. The van der Waals surface area contributed by atoms with E-state index < -0.39 is 10.0 Å². The van der Waals surface area contributed by atoms with Gasteiger partial charge < -0.3 is 10.6 Å². The summed E-state index contributed by atoms with van der Waals surface area (Å²) < 4.78 is 27.0. The maximum absolute atomic E-state index is 12.1. The lowest BCUT2D eigenvalue weighted by atomic mass is 10.1. The minimum Gasteiger partial charge on any atom is -0.397 e. The Morgan fingerprint density at radius 3 is 2.45 bits per heavy atom. The van der Waals surface area contributed by atoms with Gasteiger partial charge >= 0.3 is 0 Å². The number of anilines is 2. The molecule has 110 valence electrons. The van der Waals surface area contributed by atoms with Crippen LogP contribution in [0.4, 0.5) is 11.4 Å². The molecule has 0 spiro atoms. The van der Waals surface area contributed by atoms with Crippen molar-refractivity contribution in [3.05, 3.63) is 18.2 Å². The molecule has 5 nitrogen and oxygen atoms in total. The Labute approximate surface area is 120 Å². The molecule has 1 aromatic rings. The number of nitrogens with zero attached hydrogens (tertiary/aromatic N) is 1. The van der Waals surface area contributed by atoms with E-state index in [2.05, 4.69) is 9.62 Å². The largest absolute Gasteiger partial charge is 0.397 e. The molecular weight excluding hydrogens is 274 g/mol. The predicted octanol–water partition coefficient (Wildman–Crippen LogP) is 1.70. The molecule has 0 unspecified atom stereocenters. The number of nitrogens with two attached hydrogens (primary N) is 1. The first kappa shape index (κ1) is 13.7. The van der Waals surface area contributed by atoms with Crippen molar-refractivity contribution in [3.63, 3.8) is 0 Å². The molecule has 3 N–H and O–H groups in total. The molecule has 1 aromatic carbocycles. The quantitative estimate of drug-likeness (QED) is 0.829. The Kier molecular flexibility index (Phi) is 3.60. The molecule has 0 amide bonds. The van der Waals surface area contributed by atoms with Crippen molar-refractivity contribution in [3.8, 4) is 0 Å². The molecule has 1 aliphatic heterocycles. The molecule has 1 saturated carbocycles. The first-order valence-electron chi connectivity index (χ1n) is 7.23. The Hall–Kier alpha value is -1.27. The van der Waals surface area contributed by atoms with Crippen molar-refractivity contribution >= 4 is 21.4 Å². The highest BCUT2D eigenvalue weighted by atomic mass is 32.2. The second kappa shape index (κ2) is 5.26. The van der Waals surface area contributed by atoms with Crippen LogP contribution in [0, 0.1) is 0 Å². The van der Waals surface area contributed by atoms with Crippen molar-refractivity contribution in [2.24, 2.45) is 0 Å². The number of nitrogens with one attached hydrogen (secondary N) is 1. The van der Waals surface area contributed by atoms with Crippen molar-refractivity contribution < 1.29 is 8.42 Å². The average molecular weight is 295 g/mol. The van der Waals surface area contributed by atoms with E-state index in [1.54, 1.807) is 12.1 Å². The summed E-state index contributed by atoms with van der Waals surface area (Å²) in [5, 5.41) is 0. The van der Waals surface area contributed by atoms with E-state index in [1.807, 2.05) is 6.07 Å². The highest BCUT2D eigenvalue weighted by Gasteiger charge is 2.28. The zero-order chi connectivity index (χ0) is 14.2. The van der Waals surface area contributed by atoms with Crippen molar-refractivity contribution in [2.75, 3.05) is 23.7 Å². The van der Waals surface area contributed by atoms with Crippen molar-refractivity contribution in [2.45, 2.75) is 43.0 Å². The van der Waals surface area contributed by atoms with Crippen molar-refractivity contribution in [1.82, 2.24) is 4.72 Å². The van der Waals surface area contributed by atoms with Crippen LogP contribution in [0.3, 0.4) is 0 Å². The summed E-state index contributed by atoms with van der Waals surface area (Å²) in [7, 11) is -3.42. The van der Waals surface area contributed by atoms with E-state index >= 15 is 0 Å². The third-order valence-electron chi connectivity index (χ3n) is 3.91. The predicted molar refractivity (Wildman–Crippen MR) is 80.3 cm³/mol. The van der Waals surface area contributed by atoms with Gasteiger partial charge in [0, 0.05) is 19.1 Å². The minimum absolute atomic E-state index is 0.114. The van der Waals surface area contributed by atoms with Gasteiger partial charge in [0.2, 0.25) is 10.0 Å². The Bertz CT molecular complexity index is 590. The number of hydrogen-bond donors (Lipinski definition) is 2. The molecule has 2 aliphatic rings. The van der Waals surface area contributed by atoms with Gasteiger partial charge in [0.15, 0.2) is 0 Å². The molecule has 1 heterocycles. The van der Waals surface area contributed by atoms with E-state index in [4.69, 9.17) is 5.73 Å². The van der Waals surface area contributed by atoms with Gasteiger partial charge in [0.25, 0.3) is 0 Å². The molecule has 1 saturated heterocycles. The summed E-state index contributed by atoms with van der Waals surface area (Å²) in [5.74, 6) is 0. The van der Waals surface area contributed by atoms with Gasteiger partial charge in [-0.25, -0.2) is 13.1 Å². The molecule has 2 fully saturated rings. The maximum atomic E-state index is 12.1. The van der Waals surface area contributed by atoms with Gasteiger partial charge in [-0.3, -0.25) is 0 Å². The van der Waals surface area contributed by atoms with Crippen LogP contribution in [0.1, 0.15) is 32.1 Å². The maximum Gasteiger partial charge on any atom is 0.240 e. The second-order valence-corrected chi connectivity index (χ2v) is 7.38. The monoisotopic (exact) mass is 295 g/mol. The Balaban J connectivity index is 1.82. The highest BCUT2D eigenvalue weighted by molar-refractivity contribution is 7.89. The fourth-order valence-corrected chi connectivity index (χ4v) is 3.95. The summed E-state index contributed by atoms with van der Waals surface area (Å²) >= 11 is 0. The van der Waals surface area contributed by atoms with Crippen LogP contribution in [0.5, 0.6) is 0 Å². The first-order chi connectivity index (χ1) is 9.56. The van der Waals surface area contributed by atoms with Crippen LogP contribution in [-0.2, 0) is 10.0 Å². The molecule has 0 atom stereocenters. The van der Waals surface area contributed by atoms with Crippen LogP contribution >= 0.6 is 0 Å². The van der Waals surface area contributed by atoms with Gasteiger partial charge in [-0.2, -0.15) is 0 Å². The third kappa shape index (κ3) is 2.91. The molecule has 0 radical (unpaired) electrons. The Morgan fingerprint density at radius 1 is 1.15 bits per heavy atom. The first-order valence-corrected chi connectivity index (χ1v) is 8.71. The number of nitrogen functional groups attached to an aromatic ring is 1. The van der Waals surface area contributed by atoms with Crippen LogP contribution in [0.15, 0.2) is 23.1 Å². The highest BCUT2D eigenvalue weighted by Crippen LogP contribution is 2.29. The smallest absolute Gasteiger partial charge is 0.240 e. The molecule has 3 rings (SSSR count). The van der Waals surface area contributed by atoms with Crippen LogP contribution in [0.2, 0.25) is 0 Å². The summed E-state index contributed by atoms with van der Waals surface area (Å²) in [6.45, 7) is 1.99. The lowest BCUT2D eigenvalue weighted by Crippen LogP contribution is -2.30. The number of benzene rings is 1. The second-order valence-electron chi connectivity index (χ2n) is 5.66. The van der Waals surface area contributed by atoms with E-state index in [-0.39, 0.29) is 10.9 Å². The lowest BCUT2D eigenvalue weighted by molar-refractivity contribution is 0.577. The van der Waals surface area contributed by atoms with Crippen molar-refractivity contribution in [1.29, 1.82) is 0 Å². The number of rotatable bonds is 4. The third-order valence-corrected chi connectivity index (χ3v) is 5.42. The fraction of sp³-hybridized carbons (Fsp3) is 0.571. The van der Waals surface area contributed by atoms with E-state index in [1.165, 1.54) is 19.3 Å². The normalized spacial score (nSPS) is 20.1. The summed E-state index contributed by atoms with van der Waals surface area (Å²) in [5.41, 5.74) is 7.56. The van der Waals surface area contributed by atoms with E-state index in [0.29, 0.717) is 5.69 Å². The molecule has 0 aromatic heterocycles. The van der Waals surface area contributed by atoms with Gasteiger partial charge in [0.1, 0.15) is 0 Å². The van der Waals surface area contributed by atoms with E-state index in [9.17, 15) is 8.42 Å². The molecule has 6 heteroatoms. The van der Waals surface area contributed by atoms with Crippen LogP contribution in [0.25, 0.3) is 0 Å².